The number of hydrogen-bond acceptors (Lipinski definition) is 7. The Hall–Kier alpha value is -3.01. The van der Waals surface area contributed by atoms with Gasteiger partial charge in [0.25, 0.3) is 0 Å². The zero-order chi connectivity index (χ0) is 18.7. The van der Waals surface area contributed by atoms with Gasteiger partial charge in [-0.2, -0.15) is 5.10 Å². The average Bonchev–Trinajstić information content (AvgIpc) is 3.14. The highest BCUT2D eigenvalue weighted by molar-refractivity contribution is 7.99. The molecule has 0 saturated carbocycles. The second-order valence-corrected chi connectivity index (χ2v) is 6.45. The molecule has 0 atom stereocenters. The van der Waals surface area contributed by atoms with E-state index in [0.717, 1.165) is 11.3 Å². The van der Waals surface area contributed by atoms with Crippen LogP contribution in [0.15, 0.2) is 35.5 Å². The molecule has 0 fully saturated rings. The molecule has 0 aliphatic carbocycles. The first-order valence-electron chi connectivity index (χ1n) is 7.76. The molecule has 2 heterocycles. The van der Waals surface area contributed by atoms with Gasteiger partial charge in [-0.15, -0.1) is 10.2 Å². The minimum Gasteiger partial charge on any atom is -0.496 e. The van der Waals surface area contributed by atoms with Crippen LogP contribution in [0.25, 0.3) is 11.4 Å². The molecule has 9 nitrogen and oxygen atoms in total. The van der Waals surface area contributed by atoms with Gasteiger partial charge >= 0.3 is 0 Å². The van der Waals surface area contributed by atoms with Gasteiger partial charge in [-0.25, -0.2) is 4.68 Å². The highest BCUT2D eigenvalue weighted by atomic mass is 32.2. The molecular weight excluding hydrogens is 354 g/mol. The molecule has 3 rings (SSSR count). The van der Waals surface area contributed by atoms with Gasteiger partial charge in [-0.05, 0) is 19.1 Å². The van der Waals surface area contributed by atoms with E-state index in [1.807, 2.05) is 31.2 Å². The van der Waals surface area contributed by atoms with Crippen LogP contribution in [0.5, 0.6) is 5.75 Å². The third-order valence-electron chi connectivity index (χ3n) is 3.61. The number of para-hydroxylation sites is 1. The molecule has 0 aliphatic rings. The van der Waals surface area contributed by atoms with Crippen molar-refractivity contribution in [1.29, 1.82) is 0 Å². The van der Waals surface area contributed by atoms with Crippen molar-refractivity contribution in [2.45, 2.75) is 12.1 Å². The molecule has 10 heteroatoms. The van der Waals surface area contributed by atoms with E-state index >= 15 is 0 Å². The quantitative estimate of drug-likeness (QED) is 0.496. The second kappa shape index (κ2) is 7.48. The maximum Gasteiger partial charge on any atom is 0.235 e. The van der Waals surface area contributed by atoms with E-state index in [4.69, 9.17) is 10.6 Å². The minimum atomic E-state index is -0.181. The first-order valence-corrected chi connectivity index (χ1v) is 8.75. The number of amides is 1. The van der Waals surface area contributed by atoms with Crippen LogP contribution in [0.4, 0.5) is 5.82 Å². The molecule has 0 saturated heterocycles. The van der Waals surface area contributed by atoms with Crippen molar-refractivity contribution in [2.75, 3.05) is 24.0 Å². The zero-order valence-electron chi connectivity index (χ0n) is 14.6. The summed E-state index contributed by atoms with van der Waals surface area (Å²) < 4.78 is 8.29. The first kappa shape index (κ1) is 17.8. The van der Waals surface area contributed by atoms with E-state index in [9.17, 15) is 4.79 Å². The number of nitrogen functional groups attached to an aromatic ring is 1. The fourth-order valence-electron chi connectivity index (χ4n) is 2.43. The molecule has 0 unspecified atom stereocenters. The van der Waals surface area contributed by atoms with E-state index in [1.54, 1.807) is 24.9 Å². The monoisotopic (exact) mass is 373 g/mol. The number of rotatable bonds is 6. The van der Waals surface area contributed by atoms with Gasteiger partial charge in [0.1, 0.15) is 11.6 Å². The van der Waals surface area contributed by atoms with Gasteiger partial charge in [0, 0.05) is 13.1 Å². The van der Waals surface area contributed by atoms with Crippen molar-refractivity contribution in [3.63, 3.8) is 0 Å². The average molecular weight is 373 g/mol. The third-order valence-corrected chi connectivity index (χ3v) is 4.56. The van der Waals surface area contributed by atoms with Crippen molar-refractivity contribution in [3.05, 3.63) is 36.0 Å². The Bertz CT molecular complexity index is 935. The summed E-state index contributed by atoms with van der Waals surface area (Å²) in [5, 5.41) is 15.6. The molecule has 1 aromatic carbocycles. The van der Waals surface area contributed by atoms with E-state index in [1.165, 1.54) is 16.4 Å². The zero-order valence-corrected chi connectivity index (χ0v) is 15.4. The number of methoxy groups -OCH3 is 1. The summed E-state index contributed by atoms with van der Waals surface area (Å²) in [6.07, 6.45) is 0. The van der Waals surface area contributed by atoms with Gasteiger partial charge in [0.2, 0.25) is 11.1 Å². The lowest BCUT2D eigenvalue weighted by atomic mass is 10.2. The predicted octanol–water partition coefficient (Wildman–Crippen LogP) is 1.44. The van der Waals surface area contributed by atoms with E-state index in [0.29, 0.717) is 22.5 Å². The number of ether oxygens (including phenoxy) is 1. The molecular formula is C16H19N7O2S. The minimum absolute atomic E-state index is 0.144. The number of anilines is 1. The Morgan fingerprint density at radius 2 is 2.12 bits per heavy atom. The molecule has 136 valence electrons. The molecule has 3 aromatic rings. The van der Waals surface area contributed by atoms with Gasteiger partial charge in [-0.1, -0.05) is 23.9 Å². The lowest BCUT2D eigenvalue weighted by Crippen LogP contribution is -2.18. The molecule has 3 N–H and O–H groups in total. The molecule has 2 aromatic heterocycles. The van der Waals surface area contributed by atoms with Crippen molar-refractivity contribution >= 4 is 23.5 Å². The van der Waals surface area contributed by atoms with Gasteiger partial charge < -0.3 is 15.9 Å². The van der Waals surface area contributed by atoms with E-state index in [2.05, 4.69) is 20.6 Å². The number of carbonyl (C=O) groups is 1. The number of nitrogens with one attached hydrogen (secondary N) is 1. The van der Waals surface area contributed by atoms with Crippen molar-refractivity contribution < 1.29 is 9.53 Å². The summed E-state index contributed by atoms with van der Waals surface area (Å²) in [7, 11) is 3.35. The normalized spacial score (nSPS) is 10.7. The summed E-state index contributed by atoms with van der Waals surface area (Å²) >= 11 is 1.20. The summed E-state index contributed by atoms with van der Waals surface area (Å²) in [6.45, 7) is 1.86. The fraction of sp³-hybridized carbons (Fsp3) is 0.250. The van der Waals surface area contributed by atoms with Crippen LogP contribution in [0.1, 0.15) is 5.69 Å². The van der Waals surface area contributed by atoms with Crippen LogP contribution in [-0.4, -0.2) is 43.4 Å². The highest BCUT2D eigenvalue weighted by Crippen LogP contribution is 2.29. The van der Waals surface area contributed by atoms with Crippen molar-refractivity contribution in [3.8, 4) is 17.1 Å². The number of thioether (sulfide) groups is 1. The number of benzene rings is 1. The number of nitrogens with two attached hydrogens (primary N) is 1. The van der Waals surface area contributed by atoms with Crippen LogP contribution in [0.3, 0.4) is 0 Å². The standard InChI is InChI=1S/C16H19N7O2S/c1-10-8-13(22(2)21-10)18-14(24)9-26-16-20-19-15(23(16)17)11-6-4-5-7-12(11)25-3/h4-8H,9,17H2,1-3H3,(H,18,24). The van der Waals surface area contributed by atoms with Crippen LogP contribution in [0, 0.1) is 6.92 Å². The Balaban J connectivity index is 1.69. The smallest absolute Gasteiger partial charge is 0.235 e. The number of hydrogen-bond donors (Lipinski definition) is 2. The fourth-order valence-corrected chi connectivity index (χ4v) is 3.08. The number of aryl methyl sites for hydroxylation is 2. The van der Waals surface area contributed by atoms with Crippen LogP contribution in [-0.2, 0) is 11.8 Å². The Morgan fingerprint density at radius 1 is 1.35 bits per heavy atom. The predicted molar refractivity (Wildman–Crippen MR) is 99.5 cm³/mol. The second-order valence-electron chi connectivity index (χ2n) is 5.51. The molecule has 0 aliphatic heterocycles. The molecule has 0 spiro atoms. The van der Waals surface area contributed by atoms with E-state index < -0.39 is 0 Å². The molecule has 1 amide bonds. The first-order chi connectivity index (χ1) is 12.5. The maximum absolute atomic E-state index is 12.1. The van der Waals surface area contributed by atoms with Gasteiger partial charge in [0.15, 0.2) is 5.82 Å². The number of carbonyl (C=O) groups excluding carboxylic acids is 1. The third kappa shape index (κ3) is 3.64. The van der Waals surface area contributed by atoms with Crippen molar-refractivity contribution in [2.24, 2.45) is 7.05 Å². The maximum atomic E-state index is 12.1. The van der Waals surface area contributed by atoms with Crippen molar-refractivity contribution in [1.82, 2.24) is 24.7 Å². The van der Waals surface area contributed by atoms with Gasteiger partial charge in [0.05, 0.1) is 24.1 Å². The van der Waals surface area contributed by atoms with Crippen LogP contribution >= 0.6 is 11.8 Å². The Morgan fingerprint density at radius 3 is 2.81 bits per heavy atom. The lowest BCUT2D eigenvalue weighted by Gasteiger charge is -2.08. The van der Waals surface area contributed by atoms with E-state index in [-0.39, 0.29) is 11.7 Å². The molecule has 0 radical (unpaired) electrons. The largest absolute Gasteiger partial charge is 0.496 e. The number of nitrogens with zero attached hydrogens (tertiary/aromatic N) is 5. The van der Waals surface area contributed by atoms with Crippen LogP contribution in [0.2, 0.25) is 0 Å². The summed E-state index contributed by atoms with van der Waals surface area (Å²) in [6, 6.07) is 9.19. The summed E-state index contributed by atoms with van der Waals surface area (Å²) in [4.78, 5) is 12.1. The molecule has 26 heavy (non-hydrogen) atoms. The van der Waals surface area contributed by atoms with Crippen LogP contribution < -0.4 is 15.9 Å². The SMILES string of the molecule is COc1ccccc1-c1nnc(SCC(=O)Nc2cc(C)nn2C)n1N. The lowest BCUT2D eigenvalue weighted by molar-refractivity contribution is -0.113. The topological polar surface area (TPSA) is 113 Å². The molecule has 0 bridgehead atoms. The summed E-state index contributed by atoms with van der Waals surface area (Å²) in [5.41, 5.74) is 1.56. The Labute approximate surface area is 154 Å². The highest BCUT2D eigenvalue weighted by Gasteiger charge is 2.17. The van der Waals surface area contributed by atoms with Gasteiger partial charge in [-0.3, -0.25) is 9.48 Å². The summed E-state index contributed by atoms with van der Waals surface area (Å²) in [5.74, 6) is 7.81. The number of aromatic nitrogens is 5. The Kier molecular flexibility index (Phi) is 5.12.